The van der Waals surface area contributed by atoms with Crippen LogP contribution in [0.1, 0.15) is 26.2 Å². The highest BCUT2D eigenvalue weighted by molar-refractivity contribution is 9.10. The Hall–Kier alpha value is -1.67. The number of carbonyl (C=O) groups is 1. The topological polar surface area (TPSA) is 116 Å². The average Bonchev–Trinajstić information content (AvgIpc) is 2.42. The first kappa shape index (κ1) is 17.4. The van der Waals surface area contributed by atoms with Crippen molar-refractivity contribution in [3.05, 3.63) is 32.8 Å². The van der Waals surface area contributed by atoms with Gasteiger partial charge in [0.25, 0.3) is 5.69 Å². The quantitative estimate of drug-likeness (QED) is 0.418. The van der Waals surface area contributed by atoms with Crippen molar-refractivity contribution in [3.63, 3.8) is 0 Å². The maximum absolute atomic E-state index is 11.0. The molecule has 0 saturated heterocycles. The molecule has 0 bridgehead atoms. The number of ether oxygens (including phenoxy) is 1. The van der Waals surface area contributed by atoms with E-state index in [9.17, 15) is 14.9 Å². The summed E-state index contributed by atoms with van der Waals surface area (Å²) < 4.78 is 5.96. The van der Waals surface area contributed by atoms with E-state index in [2.05, 4.69) is 15.9 Å². The average molecular weight is 361 g/mol. The minimum Gasteiger partial charge on any atom is -0.493 e. The number of rotatable bonds is 8. The summed E-state index contributed by atoms with van der Waals surface area (Å²) in [7, 11) is 0. The summed E-state index contributed by atoms with van der Waals surface area (Å²) in [5, 5.41) is 19.8. The first-order chi connectivity index (χ1) is 9.78. The number of benzene rings is 1. The molecule has 0 radical (unpaired) electrons. The van der Waals surface area contributed by atoms with Crippen molar-refractivity contribution in [2.24, 2.45) is 5.73 Å². The van der Waals surface area contributed by atoms with Gasteiger partial charge in [0.1, 0.15) is 11.3 Å². The number of carboxylic acid groups (broad SMARTS) is 1. The number of aliphatic carboxylic acids is 1. The van der Waals surface area contributed by atoms with E-state index in [1.165, 1.54) is 12.1 Å². The fraction of sp³-hybridized carbons (Fsp3) is 0.462. The third-order valence-corrected chi connectivity index (χ3v) is 3.62. The van der Waals surface area contributed by atoms with E-state index < -0.39 is 16.4 Å². The Morgan fingerprint density at radius 2 is 2.19 bits per heavy atom. The molecular weight excluding hydrogens is 344 g/mol. The summed E-state index contributed by atoms with van der Waals surface area (Å²) in [4.78, 5) is 21.3. The molecule has 0 aliphatic heterocycles. The predicted molar refractivity (Wildman–Crippen MR) is 80.4 cm³/mol. The Labute approximate surface area is 130 Å². The number of nitrogens with two attached hydrogens (primary N) is 1. The molecule has 21 heavy (non-hydrogen) atoms. The number of nitrogens with zero attached hydrogens (tertiary/aromatic N) is 1. The highest BCUT2D eigenvalue weighted by atomic mass is 79.9. The third-order valence-electron chi connectivity index (χ3n) is 3.16. The molecule has 0 aromatic heterocycles. The van der Waals surface area contributed by atoms with E-state index in [0.717, 1.165) is 0 Å². The Morgan fingerprint density at radius 3 is 2.71 bits per heavy atom. The largest absolute Gasteiger partial charge is 0.493 e. The lowest BCUT2D eigenvalue weighted by Gasteiger charge is -2.22. The monoisotopic (exact) mass is 360 g/mol. The van der Waals surface area contributed by atoms with Crippen molar-refractivity contribution < 1.29 is 19.6 Å². The van der Waals surface area contributed by atoms with Crippen molar-refractivity contribution in [2.45, 2.75) is 31.7 Å². The Bertz CT molecular complexity index is 537. The van der Waals surface area contributed by atoms with Gasteiger partial charge in [0.2, 0.25) is 0 Å². The number of hydrogen-bond acceptors (Lipinski definition) is 5. The van der Waals surface area contributed by atoms with Crippen LogP contribution in [-0.4, -0.2) is 28.1 Å². The lowest BCUT2D eigenvalue weighted by atomic mass is 9.92. The molecule has 1 atom stereocenters. The summed E-state index contributed by atoms with van der Waals surface area (Å²) >= 11 is 3.17. The highest BCUT2D eigenvalue weighted by Gasteiger charge is 2.31. The molecule has 0 aliphatic carbocycles. The van der Waals surface area contributed by atoms with Crippen LogP contribution in [0, 0.1) is 10.1 Å². The van der Waals surface area contributed by atoms with Crippen LogP contribution >= 0.6 is 15.9 Å². The van der Waals surface area contributed by atoms with Crippen molar-refractivity contribution in [3.8, 4) is 5.75 Å². The molecule has 0 aliphatic rings. The van der Waals surface area contributed by atoms with E-state index in [1.807, 2.05) is 0 Å². The van der Waals surface area contributed by atoms with Gasteiger partial charge >= 0.3 is 5.97 Å². The Kier molecular flexibility index (Phi) is 6.10. The fourth-order valence-electron chi connectivity index (χ4n) is 1.75. The first-order valence-corrected chi connectivity index (χ1v) is 7.18. The second-order valence-electron chi connectivity index (χ2n) is 4.67. The normalized spacial score (nSPS) is 13.5. The molecule has 116 valence electrons. The molecule has 0 amide bonds. The second kappa shape index (κ2) is 7.37. The molecule has 3 N–H and O–H groups in total. The van der Waals surface area contributed by atoms with Gasteiger partial charge in [-0.1, -0.05) is 22.9 Å². The smallest absolute Gasteiger partial charge is 0.323 e. The summed E-state index contributed by atoms with van der Waals surface area (Å²) in [5.41, 5.74) is 4.42. The van der Waals surface area contributed by atoms with Gasteiger partial charge in [0.05, 0.1) is 17.6 Å². The van der Waals surface area contributed by atoms with Gasteiger partial charge in [-0.3, -0.25) is 14.9 Å². The van der Waals surface area contributed by atoms with Gasteiger partial charge in [-0.15, -0.1) is 0 Å². The van der Waals surface area contributed by atoms with E-state index in [-0.39, 0.29) is 18.7 Å². The lowest BCUT2D eigenvalue weighted by Crippen LogP contribution is -2.47. The molecule has 0 saturated carbocycles. The van der Waals surface area contributed by atoms with Crippen LogP contribution in [0.15, 0.2) is 22.7 Å². The van der Waals surface area contributed by atoms with Gasteiger partial charge in [-0.25, -0.2) is 0 Å². The summed E-state index contributed by atoms with van der Waals surface area (Å²) in [6.45, 7) is 1.95. The van der Waals surface area contributed by atoms with E-state index in [0.29, 0.717) is 23.1 Å². The molecule has 0 fully saturated rings. The van der Waals surface area contributed by atoms with E-state index in [1.54, 1.807) is 13.0 Å². The number of halogens is 1. The summed E-state index contributed by atoms with van der Waals surface area (Å²) in [6, 6.07) is 4.30. The van der Waals surface area contributed by atoms with Crippen LogP contribution in [0.25, 0.3) is 0 Å². The maximum atomic E-state index is 11.0. The van der Waals surface area contributed by atoms with Crippen molar-refractivity contribution in [2.75, 3.05) is 6.61 Å². The van der Waals surface area contributed by atoms with Gasteiger partial charge in [-0.05, 0) is 25.3 Å². The SMILES string of the molecule is CCC(N)(CCCOc1cc(Br)cc([N+](=O)[O-])c1)C(=O)O. The highest BCUT2D eigenvalue weighted by Crippen LogP contribution is 2.26. The summed E-state index contributed by atoms with van der Waals surface area (Å²) in [6.07, 6.45) is 1.04. The van der Waals surface area contributed by atoms with Crippen LogP contribution in [-0.2, 0) is 4.79 Å². The second-order valence-corrected chi connectivity index (χ2v) is 5.58. The maximum Gasteiger partial charge on any atom is 0.323 e. The third kappa shape index (κ3) is 4.98. The van der Waals surface area contributed by atoms with Crippen LogP contribution in [0.5, 0.6) is 5.75 Å². The Morgan fingerprint density at radius 1 is 1.52 bits per heavy atom. The number of non-ortho nitro benzene ring substituents is 1. The minimum absolute atomic E-state index is 0.0772. The summed E-state index contributed by atoms with van der Waals surface area (Å²) in [5.74, 6) is -0.686. The minimum atomic E-state index is -1.26. The Balaban J connectivity index is 2.57. The molecule has 0 heterocycles. The number of carboxylic acids is 1. The predicted octanol–water partition coefficient (Wildman–Crippen LogP) is 2.71. The van der Waals surface area contributed by atoms with Crippen LogP contribution in [0.4, 0.5) is 5.69 Å². The fourth-order valence-corrected chi connectivity index (χ4v) is 2.21. The number of nitro groups is 1. The van der Waals surface area contributed by atoms with Crippen molar-refractivity contribution in [1.82, 2.24) is 0 Å². The molecule has 1 aromatic rings. The van der Waals surface area contributed by atoms with E-state index in [4.69, 9.17) is 15.6 Å². The molecule has 0 spiro atoms. The van der Waals surface area contributed by atoms with Crippen LogP contribution in [0.2, 0.25) is 0 Å². The zero-order chi connectivity index (χ0) is 16.0. The molecule has 8 heteroatoms. The van der Waals surface area contributed by atoms with Crippen LogP contribution < -0.4 is 10.5 Å². The first-order valence-electron chi connectivity index (χ1n) is 6.38. The van der Waals surface area contributed by atoms with Gasteiger partial charge in [-0.2, -0.15) is 0 Å². The molecule has 7 nitrogen and oxygen atoms in total. The zero-order valence-corrected chi connectivity index (χ0v) is 13.1. The van der Waals surface area contributed by atoms with Gasteiger partial charge < -0.3 is 15.6 Å². The van der Waals surface area contributed by atoms with Crippen molar-refractivity contribution >= 4 is 27.6 Å². The van der Waals surface area contributed by atoms with Crippen molar-refractivity contribution in [1.29, 1.82) is 0 Å². The van der Waals surface area contributed by atoms with E-state index >= 15 is 0 Å². The lowest BCUT2D eigenvalue weighted by molar-refractivity contribution is -0.385. The molecular formula is C13H17BrN2O5. The van der Waals surface area contributed by atoms with Crippen LogP contribution in [0.3, 0.4) is 0 Å². The molecule has 1 aromatic carbocycles. The standard InChI is InChI=1S/C13H17BrN2O5/c1-2-13(15,12(17)18)4-3-5-21-11-7-9(14)6-10(8-11)16(19)20/h6-8H,2-5,15H2,1H3,(H,17,18). The molecule has 1 unspecified atom stereocenters. The zero-order valence-electron chi connectivity index (χ0n) is 11.5. The number of nitro benzene ring substituents is 1. The number of hydrogen-bond donors (Lipinski definition) is 2. The van der Waals surface area contributed by atoms with Gasteiger partial charge in [0.15, 0.2) is 0 Å². The molecule has 1 rings (SSSR count). The van der Waals surface area contributed by atoms with Gasteiger partial charge in [0, 0.05) is 10.5 Å².